The van der Waals surface area contributed by atoms with Crippen LogP contribution in [0.4, 0.5) is 4.79 Å². The van der Waals surface area contributed by atoms with Gasteiger partial charge in [0.05, 0.1) is 11.1 Å². The molecular formula is C27H32N2O5. The maximum atomic E-state index is 13.3. The van der Waals surface area contributed by atoms with Gasteiger partial charge in [-0.3, -0.25) is 4.79 Å². The van der Waals surface area contributed by atoms with E-state index >= 15 is 0 Å². The molecule has 0 spiro atoms. The van der Waals surface area contributed by atoms with Crippen LogP contribution in [-0.4, -0.2) is 52.7 Å². The van der Waals surface area contributed by atoms with E-state index in [1.807, 2.05) is 36.4 Å². The van der Waals surface area contributed by atoms with Crippen molar-refractivity contribution in [2.75, 3.05) is 14.1 Å². The standard InChI is InChI=1S/C27H32N2O5/c1-26(2,3)33-24(31)20-15-18(17-12-10-9-11-13-17)14-19-16-21(23(30)28(7)8)29(22(19)20)25(32)34-27(4,5)6/h9-16H,1-8H3. The summed E-state index contributed by atoms with van der Waals surface area (Å²) in [5, 5.41) is 0.554. The number of fused-ring (bicyclic) bond motifs is 1. The molecule has 0 radical (unpaired) electrons. The van der Waals surface area contributed by atoms with Gasteiger partial charge in [-0.15, -0.1) is 0 Å². The van der Waals surface area contributed by atoms with Crippen LogP contribution in [0.1, 0.15) is 62.4 Å². The van der Waals surface area contributed by atoms with Gasteiger partial charge in [0, 0.05) is 19.5 Å². The van der Waals surface area contributed by atoms with Crippen LogP contribution in [0.2, 0.25) is 0 Å². The molecule has 1 aromatic heterocycles. The molecule has 7 heteroatoms. The van der Waals surface area contributed by atoms with Crippen molar-refractivity contribution in [2.24, 2.45) is 0 Å². The van der Waals surface area contributed by atoms with Crippen LogP contribution < -0.4 is 0 Å². The molecule has 2 aromatic carbocycles. The average Bonchev–Trinajstić information content (AvgIpc) is 3.10. The zero-order valence-corrected chi connectivity index (χ0v) is 21.1. The van der Waals surface area contributed by atoms with Crippen LogP contribution in [0.25, 0.3) is 22.0 Å². The van der Waals surface area contributed by atoms with E-state index in [-0.39, 0.29) is 16.8 Å². The maximum absolute atomic E-state index is 13.3. The van der Waals surface area contributed by atoms with Crippen molar-refractivity contribution in [3.05, 3.63) is 59.8 Å². The van der Waals surface area contributed by atoms with Crippen LogP contribution in [0.5, 0.6) is 0 Å². The second kappa shape index (κ2) is 8.97. The Hall–Kier alpha value is -3.61. The molecule has 3 aromatic rings. The van der Waals surface area contributed by atoms with E-state index in [0.717, 1.165) is 11.1 Å². The number of carbonyl (C=O) groups excluding carboxylic acids is 3. The van der Waals surface area contributed by atoms with Crippen LogP contribution in [0.3, 0.4) is 0 Å². The number of amides is 1. The van der Waals surface area contributed by atoms with Crippen LogP contribution in [0.15, 0.2) is 48.5 Å². The predicted molar refractivity (Wildman–Crippen MR) is 132 cm³/mol. The lowest BCUT2D eigenvalue weighted by molar-refractivity contribution is 0.00714. The smallest absolute Gasteiger partial charge is 0.419 e. The molecule has 0 atom stereocenters. The summed E-state index contributed by atoms with van der Waals surface area (Å²) < 4.78 is 12.5. The summed E-state index contributed by atoms with van der Waals surface area (Å²) in [4.78, 5) is 41.1. The van der Waals surface area contributed by atoms with Crippen molar-refractivity contribution in [1.29, 1.82) is 0 Å². The molecule has 180 valence electrons. The number of aromatic nitrogens is 1. The Morgan fingerprint density at radius 2 is 1.38 bits per heavy atom. The normalized spacial score (nSPS) is 11.9. The van der Waals surface area contributed by atoms with Gasteiger partial charge >= 0.3 is 12.1 Å². The topological polar surface area (TPSA) is 77.8 Å². The Morgan fingerprint density at radius 1 is 0.794 bits per heavy atom. The fourth-order valence-corrected chi connectivity index (χ4v) is 3.52. The van der Waals surface area contributed by atoms with Crippen LogP contribution >= 0.6 is 0 Å². The second-order valence-corrected chi connectivity index (χ2v) is 10.4. The van der Waals surface area contributed by atoms with Crippen LogP contribution in [0, 0.1) is 0 Å². The first kappa shape index (κ1) is 25.0. The highest BCUT2D eigenvalue weighted by molar-refractivity contribution is 6.11. The van der Waals surface area contributed by atoms with E-state index < -0.39 is 29.2 Å². The molecule has 7 nitrogen and oxygen atoms in total. The minimum absolute atomic E-state index is 0.101. The molecule has 0 aliphatic carbocycles. The Balaban J connectivity index is 2.39. The van der Waals surface area contributed by atoms with E-state index in [1.54, 1.807) is 67.8 Å². The highest BCUT2D eigenvalue weighted by Crippen LogP contribution is 2.32. The fourth-order valence-electron chi connectivity index (χ4n) is 3.52. The van der Waals surface area contributed by atoms with Gasteiger partial charge in [0.2, 0.25) is 0 Å². The summed E-state index contributed by atoms with van der Waals surface area (Å²) in [5.74, 6) is -0.986. The fraction of sp³-hybridized carbons (Fsp3) is 0.370. The molecule has 0 bridgehead atoms. The summed E-state index contributed by atoms with van der Waals surface area (Å²) in [6.07, 6.45) is -0.745. The zero-order chi connectivity index (χ0) is 25.4. The maximum Gasteiger partial charge on any atom is 0.419 e. The number of ether oxygens (including phenoxy) is 2. The van der Waals surface area contributed by atoms with Gasteiger partial charge in [-0.1, -0.05) is 30.3 Å². The lowest BCUT2D eigenvalue weighted by atomic mass is 10.00. The lowest BCUT2D eigenvalue weighted by Gasteiger charge is -2.23. The molecule has 1 heterocycles. The number of rotatable bonds is 3. The lowest BCUT2D eigenvalue weighted by Crippen LogP contribution is -2.32. The largest absolute Gasteiger partial charge is 0.456 e. The third-order valence-corrected chi connectivity index (χ3v) is 4.82. The van der Waals surface area contributed by atoms with E-state index in [2.05, 4.69) is 0 Å². The van der Waals surface area contributed by atoms with Crippen LogP contribution in [-0.2, 0) is 9.47 Å². The van der Waals surface area contributed by atoms with Crippen molar-refractivity contribution in [3.63, 3.8) is 0 Å². The van der Waals surface area contributed by atoms with Gasteiger partial charge in [0.25, 0.3) is 5.91 Å². The van der Waals surface area contributed by atoms with Gasteiger partial charge in [-0.25, -0.2) is 14.2 Å². The highest BCUT2D eigenvalue weighted by Gasteiger charge is 2.30. The molecule has 0 fully saturated rings. The van der Waals surface area contributed by atoms with E-state index in [0.29, 0.717) is 5.39 Å². The quantitative estimate of drug-likeness (QED) is 0.461. The monoisotopic (exact) mass is 464 g/mol. The minimum Gasteiger partial charge on any atom is -0.456 e. The average molecular weight is 465 g/mol. The third kappa shape index (κ3) is 5.47. The Bertz CT molecular complexity index is 1240. The van der Waals surface area contributed by atoms with Gasteiger partial charge in [-0.2, -0.15) is 0 Å². The Labute approximate surface area is 200 Å². The van der Waals surface area contributed by atoms with E-state index in [1.165, 1.54) is 9.47 Å². The van der Waals surface area contributed by atoms with Crippen molar-refractivity contribution in [2.45, 2.75) is 52.7 Å². The van der Waals surface area contributed by atoms with E-state index in [9.17, 15) is 14.4 Å². The molecule has 0 saturated heterocycles. The van der Waals surface area contributed by atoms with Gasteiger partial charge in [0.1, 0.15) is 16.9 Å². The number of hydrogen-bond acceptors (Lipinski definition) is 5. The summed E-state index contributed by atoms with van der Waals surface area (Å²) in [5.41, 5.74) is 0.645. The summed E-state index contributed by atoms with van der Waals surface area (Å²) in [7, 11) is 3.20. The zero-order valence-electron chi connectivity index (χ0n) is 21.1. The molecule has 0 aliphatic rings. The van der Waals surface area contributed by atoms with Crippen molar-refractivity contribution < 1.29 is 23.9 Å². The Kier molecular flexibility index (Phi) is 6.60. The second-order valence-electron chi connectivity index (χ2n) is 10.4. The SMILES string of the molecule is CN(C)C(=O)c1cc2cc(-c3ccccc3)cc(C(=O)OC(C)(C)C)c2n1C(=O)OC(C)(C)C. The number of nitrogens with zero attached hydrogens (tertiary/aromatic N) is 2. The first-order valence-corrected chi connectivity index (χ1v) is 11.1. The first-order valence-electron chi connectivity index (χ1n) is 11.1. The molecule has 0 saturated carbocycles. The minimum atomic E-state index is -0.803. The summed E-state index contributed by atoms with van der Waals surface area (Å²) in [6.45, 7) is 10.6. The van der Waals surface area contributed by atoms with Gasteiger partial charge < -0.3 is 14.4 Å². The van der Waals surface area contributed by atoms with Gasteiger partial charge in [-0.05, 0) is 70.9 Å². The first-order chi connectivity index (χ1) is 15.7. The van der Waals surface area contributed by atoms with Gasteiger partial charge in [0.15, 0.2) is 0 Å². The number of esters is 1. The molecule has 0 N–H and O–H groups in total. The molecule has 34 heavy (non-hydrogen) atoms. The van der Waals surface area contributed by atoms with Crippen molar-refractivity contribution in [1.82, 2.24) is 9.47 Å². The summed E-state index contributed by atoms with van der Waals surface area (Å²) >= 11 is 0. The highest BCUT2D eigenvalue weighted by atomic mass is 16.6. The van der Waals surface area contributed by atoms with E-state index in [4.69, 9.17) is 9.47 Å². The Morgan fingerprint density at radius 3 is 1.91 bits per heavy atom. The van der Waals surface area contributed by atoms with Crippen molar-refractivity contribution >= 4 is 28.9 Å². The number of hydrogen-bond donors (Lipinski definition) is 0. The molecule has 3 rings (SSSR count). The van der Waals surface area contributed by atoms with Crippen molar-refractivity contribution in [3.8, 4) is 11.1 Å². The predicted octanol–water partition coefficient (Wildman–Crippen LogP) is 5.75. The molecule has 0 aliphatic heterocycles. The molecule has 0 unspecified atom stereocenters. The summed E-state index contributed by atoms with van der Waals surface area (Å²) in [6, 6.07) is 14.7. The molecule has 1 amide bonds. The molecular weight excluding hydrogens is 432 g/mol. The number of benzene rings is 2. The number of carbonyl (C=O) groups is 3. The third-order valence-electron chi connectivity index (χ3n) is 4.82.